The third-order valence-corrected chi connectivity index (χ3v) is 3.26. The first-order valence-corrected chi connectivity index (χ1v) is 4.71. The van der Waals surface area contributed by atoms with Crippen LogP contribution >= 0.6 is 12.4 Å². The number of nitrogens with one attached hydrogen (secondary N) is 1. The summed E-state index contributed by atoms with van der Waals surface area (Å²) in [5.74, 6) is 0.346. The molecule has 2 saturated heterocycles. The highest BCUT2D eigenvalue weighted by Gasteiger charge is 2.37. The number of carbonyl (C=O) groups is 1. The molecule has 2 N–H and O–H groups in total. The third-order valence-electron chi connectivity index (χ3n) is 3.26. The maximum Gasteiger partial charge on any atom is 0.306 e. The van der Waals surface area contributed by atoms with Crippen molar-refractivity contribution in [2.45, 2.75) is 19.3 Å². The van der Waals surface area contributed by atoms with Crippen LogP contribution in [0.1, 0.15) is 19.3 Å². The Morgan fingerprint density at radius 3 is 2.77 bits per heavy atom. The van der Waals surface area contributed by atoms with Crippen LogP contribution in [0.3, 0.4) is 0 Å². The Kier molecular flexibility index (Phi) is 3.56. The van der Waals surface area contributed by atoms with Crippen LogP contribution in [0, 0.1) is 17.8 Å². The van der Waals surface area contributed by atoms with Crippen molar-refractivity contribution in [3.8, 4) is 0 Å². The molecular weight excluding hydrogens is 190 g/mol. The van der Waals surface area contributed by atoms with Crippen LogP contribution in [0.4, 0.5) is 0 Å². The van der Waals surface area contributed by atoms with Gasteiger partial charge in [-0.15, -0.1) is 12.4 Å². The zero-order valence-electron chi connectivity index (χ0n) is 7.53. The van der Waals surface area contributed by atoms with Crippen molar-refractivity contribution in [3.05, 3.63) is 0 Å². The molecule has 0 amide bonds. The lowest BCUT2D eigenvalue weighted by Gasteiger charge is -2.28. The zero-order chi connectivity index (χ0) is 8.55. The second kappa shape index (κ2) is 4.29. The molecule has 0 aromatic heterocycles. The van der Waals surface area contributed by atoms with E-state index in [0.717, 1.165) is 25.9 Å². The lowest BCUT2D eigenvalue weighted by atomic mass is 9.76. The van der Waals surface area contributed by atoms with E-state index in [1.165, 1.54) is 6.42 Å². The van der Waals surface area contributed by atoms with Gasteiger partial charge in [0.15, 0.2) is 0 Å². The first-order chi connectivity index (χ1) is 5.77. The van der Waals surface area contributed by atoms with Crippen molar-refractivity contribution in [3.63, 3.8) is 0 Å². The molecule has 0 aromatic rings. The van der Waals surface area contributed by atoms with E-state index < -0.39 is 5.97 Å². The summed E-state index contributed by atoms with van der Waals surface area (Å²) in [6, 6.07) is 0. The van der Waals surface area contributed by atoms with Crippen LogP contribution in [0.25, 0.3) is 0 Å². The summed E-state index contributed by atoms with van der Waals surface area (Å²) < 4.78 is 0. The first-order valence-electron chi connectivity index (χ1n) is 4.71. The second-order valence-electron chi connectivity index (χ2n) is 4.04. The number of rotatable bonds is 1. The molecule has 3 aliphatic rings. The molecule has 1 saturated carbocycles. The minimum atomic E-state index is -0.589. The van der Waals surface area contributed by atoms with E-state index in [1.807, 2.05) is 0 Å². The average molecular weight is 206 g/mol. The molecule has 0 radical (unpaired) electrons. The quantitative estimate of drug-likeness (QED) is 0.675. The van der Waals surface area contributed by atoms with Crippen LogP contribution in [0.15, 0.2) is 0 Å². The predicted octanol–water partition coefficient (Wildman–Crippen LogP) is 1.13. The Labute approximate surface area is 84.3 Å². The summed E-state index contributed by atoms with van der Waals surface area (Å²) in [5, 5.41) is 12.3. The molecule has 3 atom stereocenters. The van der Waals surface area contributed by atoms with Crippen molar-refractivity contribution >= 4 is 18.4 Å². The number of fused-ring (bicyclic) bond motifs is 4. The molecule has 2 bridgehead atoms. The first kappa shape index (κ1) is 10.8. The minimum Gasteiger partial charge on any atom is -0.481 e. The third kappa shape index (κ3) is 2.15. The molecule has 3 rings (SSSR count). The van der Waals surface area contributed by atoms with E-state index in [-0.39, 0.29) is 18.3 Å². The van der Waals surface area contributed by atoms with Gasteiger partial charge in [0.05, 0.1) is 5.92 Å². The summed E-state index contributed by atoms with van der Waals surface area (Å²) in [6.07, 6.45) is 3.23. The molecule has 2 aliphatic heterocycles. The number of carboxylic acids is 1. The number of halogens is 1. The van der Waals surface area contributed by atoms with Gasteiger partial charge < -0.3 is 10.4 Å². The van der Waals surface area contributed by atoms with Gasteiger partial charge in [-0.1, -0.05) is 0 Å². The van der Waals surface area contributed by atoms with Crippen molar-refractivity contribution in [1.29, 1.82) is 0 Å². The Morgan fingerprint density at radius 1 is 1.31 bits per heavy atom. The van der Waals surface area contributed by atoms with Gasteiger partial charge in [0.2, 0.25) is 0 Å². The Morgan fingerprint density at radius 2 is 2.08 bits per heavy atom. The highest BCUT2D eigenvalue weighted by molar-refractivity contribution is 5.85. The minimum absolute atomic E-state index is 0. The standard InChI is InChI=1S/C9H15NO2.ClH/c11-9(12)8-3-6-1-2-7(8)5-10-4-6;/h6-8,10H,1-5H2,(H,11,12);1H. The van der Waals surface area contributed by atoms with Crippen LogP contribution in [0.5, 0.6) is 0 Å². The summed E-state index contributed by atoms with van der Waals surface area (Å²) in [6.45, 7) is 1.94. The Bertz CT molecular complexity index is 194. The summed E-state index contributed by atoms with van der Waals surface area (Å²) in [5.41, 5.74) is 0. The molecule has 0 aromatic carbocycles. The highest BCUT2D eigenvalue weighted by Crippen LogP contribution is 2.35. The van der Waals surface area contributed by atoms with Crippen LogP contribution in [-0.2, 0) is 4.79 Å². The fraction of sp³-hybridized carbons (Fsp3) is 0.889. The van der Waals surface area contributed by atoms with Crippen LogP contribution in [-0.4, -0.2) is 24.2 Å². The number of hydrogen-bond acceptors (Lipinski definition) is 2. The van der Waals surface area contributed by atoms with E-state index in [1.54, 1.807) is 0 Å². The molecular formula is C9H16ClNO2. The van der Waals surface area contributed by atoms with Crippen molar-refractivity contribution in [2.24, 2.45) is 17.8 Å². The molecule has 4 heteroatoms. The Hall–Kier alpha value is -0.280. The molecule has 2 heterocycles. The van der Waals surface area contributed by atoms with Gasteiger partial charge in [-0.3, -0.25) is 4.79 Å². The highest BCUT2D eigenvalue weighted by atomic mass is 35.5. The van der Waals surface area contributed by atoms with Gasteiger partial charge in [-0.2, -0.15) is 0 Å². The SMILES string of the molecule is Cl.O=C(O)C1CC2CCC1CNC2. The van der Waals surface area contributed by atoms with Gasteiger partial charge in [-0.25, -0.2) is 0 Å². The molecule has 1 aliphatic carbocycles. The second-order valence-corrected chi connectivity index (χ2v) is 4.04. The molecule has 0 spiro atoms. The largest absolute Gasteiger partial charge is 0.481 e. The average Bonchev–Trinajstić information content (AvgIpc) is 2.36. The lowest BCUT2D eigenvalue weighted by molar-refractivity contribution is -0.145. The van der Waals surface area contributed by atoms with Gasteiger partial charge in [0, 0.05) is 0 Å². The van der Waals surface area contributed by atoms with Gasteiger partial charge >= 0.3 is 5.97 Å². The van der Waals surface area contributed by atoms with Crippen molar-refractivity contribution in [2.75, 3.05) is 13.1 Å². The maximum atomic E-state index is 10.9. The summed E-state index contributed by atoms with van der Waals surface area (Å²) >= 11 is 0. The number of aliphatic carboxylic acids is 1. The molecule has 13 heavy (non-hydrogen) atoms. The van der Waals surface area contributed by atoms with Crippen LogP contribution in [0.2, 0.25) is 0 Å². The van der Waals surface area contributed by atoms with Gasteiger partial charge in [0.25, 0.3) is 0 Å². The van der Waals surface area contributed by atoms with Gasteiger partial charge in [0.1, 0.15) is 0 Å². The summed E-state index contributed by atoms with van der Waals surface area (Å²) in [7, 11) is 0. The molecule has 3 nitrogen and oxygen atoms in total. The fourth-order valence-electron chi connectivity index (χ4n) is 2.53. The maximum absolute atomic E-state index is 10.9. The monoisotopic (exact) mass is 205 g/mol. The van der Waals surface area contributed by atoms with Crippen LogP contribution < -0.4 is 5.32 Å². The Balaban J connectivity index is 0.000000845. The summed E-state index contributed by atoms with van der Waals surface area (Å²) in [4.78, 5) is 10.9. The normalized spacial score (nSPS) is 37.7. The van der Waals surface area contributed by atoms with Crippen molar-refractivity contribution < 1.29 is 9.90 Å². The molecule has 3 fully saturated rings. The lowest BCUT2D eigenvalue weighted by Crippen LogP contribution is -2.30. The predicted molar refractivity (Wildman–Crippen MR) is 52.1 cm³/mol. The topological polar surface area (TPSA) is 49.3 Å². The van der Waals surface area contributed by atoms with E-state index in [2.05, 4.69) is 5.32 Å². The zero-order valence-corrected chi connectivity index (χ0v) is 8.35. The smallest absolute Gasteiger partial charge is 0.306 e. The van der Waals surface area contributed by atoms with Gasteiger partial charge in [-0.05, 0) is 44.2 Å². The number of hydrogen-bond donors (Lipinski definition) is 2. The van der Waals surface area contributed by atoms with Crippen molar-refractivity contribution in [1.82, 2.24) is 5.32 Å². The van der Waals surface area contributed by atoms with E-state index >= 15 is 0 Å². The van der Waals surface area contributed by atoms with E-state index in [9.17, 15) is 4.79 Å². The molecule has 76 valence electrons. The molecule has 3 unspecified atom stereocenters. The fourth-order valence-corrected chi connectivity index (χ4v) is 2.53. The van der Waals surface area contributed by atoms with E-state index in [0.29, 0.717) is 11.8 Å². The number of carboxylic acid groups (broad SMARTS) is 1. The van der Waals surface area contributed by atoms with E-state index in [4.69, 9.17) is 5.11 Å².